The minimum Gasteiger partial charge on any atom is -0.497 e. The SMILES string of the molecule is C#CCC(N)C(=O)NC(C)c1ccc(OC)cc1. The van der Waals surface area contributed by atoms with E-state index in [-0.39, 0.29) is 18.4 Å². The van der Waals surface area contributed by atoms with Crippen LogP contribution in [-0.4, -0.2) is 19.1 Å². The number of amides is 1. The van der Waals surface area contributed by atoms with Gasteiger partial charge in [0.1, 0.15) is 5.75 Å². The molecule has 0 saturated carbocycles. The van der Waals surface area contributed by atoms with Crippen LogP contribution in [0.5, 0.6) is 5.75 Å². The highest BCUT2D eigenvalue weighted by Crippen LogP contribution is 2.17. The molecular formula is C14H18N2O2. The molecule has 1 rings (SSSR count). The molecule has 2 atom stereocenters. The van der Waals surface area contributed by atoms with E-state index >= 15 is 0 Å². The first-order chi connectivity index (χ1) is 8.58. The summed E-state index contributed by atoms with van der Waals surface area (Å²) in [6, 6.07) is 6.72. The number of nitrogens with one attached hydrogen (secondary N) is 1. The van der Waals surface area contributed by atoms with Crippen molar-refractivity contribution in [2.24, 2.45) is 5.73 Å². The molecule has 0 bridgehead atoms. The van der Waals surface area contributed by atoms with Crippen LogP contribution >= 0.6 is 0 Å². The standard InChI is InChI=1S/C14H18N2O2/c1-4-5-13(15)14(17)16-10(2)11-6-8-12(18-3)9-7-11/h1,6-10,13H,5,15H2,2-3H3,(H,16,17). The second kappa shape index (κ2) is 6.67. The molecule has 0 fully saturated rings. The van der Waals surface area contributed by atoms with Crippen LogP contribution in [0.3, 0.4) is 0 Å². The van der Waals surface area contributed by atoms with Crippen molar-refractivity contribution in [1.82, 2.24) is 5.32 Å². The lowest BCUT2D eigenvalue weighted by atomic mass is 10.1. The van der Waals surface area contributed by atoms with Gasteiger partial charge in [-0.2, -0.15) is 0 Å². The van der Waals surface area contributed by atoms with Crippen LogP contribution < -0.4 is 15.8 Å². The van der Waals surface area contributed by atoms with Gasteiger partial charge in [-0.15, -0.1) is 12.3 Å². The van der Waals surface area contributed by atoms with Crippen molar-refractivity contribution >= 4 is 5.91 Å². The molecule has 0 aliphatic rings. The summed E-state index contributed by atoms with van der Waals surface area (Å²) < 4.78 is 5.07. The number of nitrogens with two attached hydrogens (primary N) is 1. The first kappa shape index (κ1) is 14.1. The van der Waals surface area contributed by atoms with E-state index in [9.17, 15) is 4.79 Å². The first-order valence-electron chi connectivity index (χ1n) is 5.72. The monoisotopic (exact) mass is 246 g/mol. The van der Waals surface area contributed by atoms with E-state index in [0.29, 0.717) is 0 Å². The largest absolute Gasteiger partial charge is 0.497 e. The number of rotatable bonds is 5. The van der Waals surface area contributed by atoms with E-state index in [1.54, 1.807) is 7.11 Å². The molecule has 3 N–H and O–H groups in total. The normalized spacial score (nSPS) is 13.2. The van der Waals surface area contributed by atoms with Gasteiger partial charge < -0.3 is 15.8 Å². The Hall–Kier alpha value is -1.99. The highest BCUT2D eigenvalue weighted by atomic mass is 16.5. The molecule has 4 heteroatoms. The number of methoxy groups -OCH3 is 1. The van der Waals surface area contributed by atoms with Crippen LogP contribution in [0.25, 0.3) is 0 Å². The Morgan fingerprint density at radius 2 is 2.11 bits per heavy atom. The van der Waals surface area contributed by atoms with Gasteiger partial charge >= 0.3 is 0 Å². The molecule has 1 aromatic carbocycles. The minimum absolute atomic E-state index is 0.118. The highest BCUT2D eigenvalue weighted by molar-refractivity contribution is 5.82. The van der Waals surface area contributed by atoms with Crippen molar-refractivity contribution < 1.29 is 9.53 Å². The molecule has 0 heterocycles. The lowest BCUT2D eigenvalue weighted by molar-refractivity contribution is -0.122. The lowest BCUT2D eigenvalue weighted by Crippen LogP contribution is -2.41. The van der Waals surface area contributed by atoms with Crippen molar-refractivity contribution in [3.05, 3.63) is 29.8 Å². The van der Waals surface area contributed by atoms with Gasteiger partial charge in [0.25, 0.3) is 0 Å². The van der Waals surface area contributed by atoms with Gasteiger partial charge in [-0.1, -0.05) is 12.1 Å². The molecule has 96 valence electrons. The summed E-state index contributed by atoms with van der Waals surface area (Å²) >= 11 is 0. The fourth-order valence-corrected chi connectivity index (χ4v) is 1.52. The van der Waals surface area contributed by atoms with Crippen LogP contribution in [0.15, 0.2) is 24.3 Å². The van der Waals surface area contributed by atoms with E-state index in [1.807, 2.05) is 31.2 Å². The third-order valence-electron chi connectivity index (χ3n) is 2.65. The predicted octanol–water partition coefficient (Wildman–Crippen LogP) is 1.22. The number of ether oxygens (including phenoxy) is 1. The molecule has 0 radical (unpaired) electrons. The Kier molecular flexibility index (Phi) is 5.22. The maximum atomic E-state index is 11.7. The quantitative estimate of drug-likeness (QED) is 0.768. The van der Waals surface area contributed by atoms with Gasteiger partial charge in [-0.3, -0.25) is 4.79 Å². The van der Waals surface area contributed by atoms with Crippen LogP contribution in [0.4, 0.5) is 0 Å². The topological polar surface area (TPSA) is 64.4 Å². The number of carbonyl (C=O) groups is 1. The Labute approximate surface area is 108 Å². The maximum absolute atomic E-state index is 11.7. The predicted molar refractivity (Wildman–Crippen MR) is 71.0 cm³/mol. The molecule has 0 aliphatic heterocycles. The highest BCUT2D eigenvalue weighted by Gasteiger charge is 2.15. The molecule has 2 unspecified atom stereocenters. The van der Waals surface area contributed by atoms with E-state index in [1.165, 1.54) is 0 Å². The zero-order valence-electron chi connectivity index (χ0n) is 10.6. The van der Waals surface area contributed by atoms with Crippen LogP contribution in [0.2, 0.25) is 0 Å². The van der Waals surface area contributed by atoms with Crippen molar-refractivity contribution in [3.8, 4) is 18.1 Å². The van der Waals surface area contributed by atoms with Crippen molar-refractivity contribution in [1.29, 1.82) is 0 Å². The second-order valence-electron chi connectivity index (χ2n) is 4.02. The van der Waals surface area contributed by atoms with Crippen LogP contribution in [0.1, 0.15) is 24.9 Å². The Morgan fingerprint density at radius 1 is 1.50 bits per heavy atom. The minimum atomic E-state index is -0.657. The number of benzene rings is 1. The molecule has 0 spiro atoms. The zero-order chi connectivity index (χ0) is 13.5. The summed E-state index contributed by atoms with van der Waals surface area (Å²) in [4.78, 5) is 11.7. The maximum Gasteiger partial charge on any atom is 0.238 e. The summed E-state index contributed by atoms with van der Waals surface area (Å²) in [6.07, 6.45) is 5.35. The summed E-state index contributed by atoms with van der Waals surface area (Å²) in [6.45, 7) is 1.89. The second-order valence-corrected chi connectivity index (χ2v) is 4.02. The molecular weight excluding hydrogens is 228 g/mol. The Balaban J connectivity index is 2.61. The molecule has 18 heavy (non-hydrogen) atoms. The van der Waals surface area contributed by atoms with Gasteiger partial charge in [-0.25, -0.2) is 0 Å². The average Bonchev–Trinajstić information content (AvgIpc) is 2.39. The lowest BCUT2D eigenvalue weighted by Gasteiger charge is -2.17. The molecule has 4 nitrogen and oxygen atoms in total. The average molecular weight is 246 g/mol. The van der Waals surface area contributed by atoms with Crippen LogP contribution in [-0.2, 0) is 4.79 Å². The van der Waals surface area contributed by atoms with Crippen molar-refractivity contribution in [3.63, 3.8) is 0 Å². The van der Waals surface area contributed by atoms with Gasteiger partial charge in [0.15, 0.2) is 0 Å². The third-order valence-corrected chi connectivity index (χ3v) is 2.65. The Morgan fingerprint density at radius 3 is 2.61 bits per heavy atom. The van der Waals surface area contributed by atoms with Crippen molar-refractivity contribution in [2.45, 2.75) is 25.4 Å². The van der Waals surface area contributed by atoms with Gasteiger partial charge in [0.2, 0.25) is 5.91 Å². The molecule has 1 amide bonds. The van der Waals surface area contributed by atoms with Crippen LogP contribution in [0, 0.1) is 12.3 Å². The number of hydrogen-bond donors (Lipinski definition) is 2. The number of terminal acetylenes is 1. The molecule has 0 saturated heterocycles. The molecule has 0 aromatic heterocycles. The van der Waals surface area contributed by atoms with E-state index < -0.39 is 6.04 Å². The summed E-state index contributed by atoms with van der Waals surface area (Å²) in [5.74, 6) is 2.91. The Bertz CT molecular complexity index is 434. The fourth-order valence-electron chi connectivity index (χ4n) is 1.52. The molecule has 1 aromatic rings. The summed E-state index contributed by atoms with van der Waals surface area (Å²) in [7, 11) is 1.61. The van der Waals surface area contributed by atoms with Gasteiger partial charge in [0.05, 0.1) is 19.2 Å². The fraction of sp³-hybridized carbons (Fsp3) is 0.357. The van der Waals surface area contributed by atoms with Gasteiger partial charge in [-0.05, 0) is 24.6 Å². The van der Waals surface area contributed by atoms with E-state index in [2.05, 4.69) is 11.2 Å². The zero-order valence-corrected chi connectivity index (χ0v) is 10.6. The van der Waals surface area contributed by atoms with E-state index in [0.717, 1.165) is 11.3 Å². The third kappa shape index (κ3) is 3.79. The number of carbonyl (C=O) groups excluding carboxylic acids is 1. The molecule has 0 aliphatic carbocycles. The smallest absolute Gasteiger partial charge is 0.238 e. The van der Waals surface area contributed by atoms with Gasteiger partial charge in [0, 0.05) is 6.42 Å². The summed E-state index contributed by atoms with van der Waals surface area (Å²) in [5, 5.41) is 2.82. The number of hydrogen-bond acceptors (Lipinski definition) is 3. The van der Waals surface area contributed by atoms with E-state index in [4.69, 9.17) is 16.9 Å². The van der Waals surface area contributed by atoms with Crippen molar-refractivity contribution in [2.75, 3.05) is 7.11 Å². The first-order valence-corrected chi connectivity index (χ1v) is 5.72. The summed E-state index contributed by atoms with van der Waals surface area (Å²) in [5.41, 5.74) is 6.61.